The first-order valence-electron chi connectivity index (χ1n) is 11.6. The number of nitrogens with zero attached hydrogens (tertiary/aromatic N) is 2. The third-order valence-corrected chi connectivity index (χ3v) is 7.65. The minimum atomic E-state index is -0.793. The molecule has 2 nitrogen and oxygen atoms in total. The molecular formula is C27H30FN2+. The molecule has 6 rings (SSSR count). The molecule has 0 saturated carbocycles. The van der Waals surface area contributed by atoms with Crippen LogP contribution < -0.4 is 4.90 Å². The second kappa shape index (κ2) is 7.08. The molecule has 154 valence electrons. The number of anilines is 1. The maximum atomic E-state index is 13.8. The van der Waals surface area contributed by atoms with Gasteiger partial charge in [-0.2, -0.15) is 4.58 Å². The van der Waals surface area contributed by atoms with Crippen molar-refractivity contribution in [3.05, 3.63) is 76.2 Å². The van der Waals surface area contributed by atoms with Gasteiger partial charge in [-0.25, -0.2) is 4.39 Å². The lowest BCUT2D eigenvalue weighted by atomic mass is 9.79. The molecule has 0 N–H and O–H groups in total. The minimum absolute atomic E-state index is 0.590. The Morgan fingerprint density at radius 2 is 1.97 bits per heavy atom. The van der Waals surface area contributed by atoms with Gasteiger partial charge in [0.25, 0.3) is 0 Å². The van der Waals surface area contributed by atoms with Crippen LogP contribution in [0.2, 0.25) is 0 Å². The quantitative estimate of drug-likeness (QED) is 0.541. The molecule has 5 aliphatic rings. The first-order chi connectivity index (χ1) is 14.7. The summed E-state index contributed by atoms with van der Waals surface area (Å²) in [5.74, 6) is 0.700. The number of halogens is 1. The average Bonchev–Trinajstić information content (AvgIpc) is 3.36. The lowest BCUT2D eigenvalue weighted by Crippen LogP contribution is -2.27. The van der Waals surface area contributed by atoms with Gasteiger partial charge in [0.2, 0.25) is 5.70 Å². The highest BCUT2D eigenvalue weighted by Crippen LogP contribution is 2.40. The Bertz CT molecular complexity index is 1070. The summed E-state index contributed by atoms with van der Waals surface area (Å²) in [5, 5.41) is 0. The summed E-state index contributed by atoms with van der Waals surface area (Å²) in [6.07, 6.45) is 15.5. The molecule has 0 fully saturated rings. The maximum Gasteiger partial charge on any atom is 0.204 e. The van der Waals surface area contributed by atoms with Crippen molar-refractivity contribution >= 4 is 11.4 Å². The van der Waals surface area contributed by atoms with Crippen molar-refractivity contribution in [2.75, 3.05) is 18.0 Å². The highest BCUT2D eigenvalue weighted by atomic mass is 19.1. The number of hydrogen-bond donors (Lipinski definition) is 0. The van der Waals surface area contributed by atoms with Crippen molar-refractivity contribution in [2.45, 2.75) is 58.0 Å². The predicted molar refractivity (Wildman–Crippen MR) is 121 cm³/mol. The van der Waals surface area contributed by atoms with Gasteiger partial charge in [-0.05, 0) is 67.9 Å². The summed E-state index contributed by atoms with van der Waals surface area (Å²) < 4.78 is 16.2. The molecule has 1 aromatic rings. The van der Waals surface area contributed by atoms with Crippen LogP contribution in [-0.2, 0) is 6.42 Å². The molecule has 0 radical (unpaired) electrons. The molecule has 0 amide bonds. The average molecular weight is 402 g/mol. The normalized spacial score (nSPS) is 30.1. The molecule has 1 aromatic carbocycles. The summed E-state index contributed by atoms with van der Waals surface area (Å²) in [7, 11) is 0. The number of benzene rings is 1. The van der Waals surface area contributed by atoms with E-state index < -0.39 is 6.17 Å². The highest BCUT2D eigenvalue weighted by molar-refractivity contribution is 5.93. The van der Waals surface area contributed by atoms with Gasteiger partial charge in [0.05, 0.1) is 0 Å². The monoisotopic (exact) mass is 401 g/mol. The van der Waals surface area contributed by atoms with Gasteiger partial charge in [0, 0.05) is 54.9 Å². The highest BCUT2D eigenvalue weighted by Gasteiger charge is 2.35. The Kier molecular flexibility index (Phi) is 4.33. The lowest BCUT2D eigenvalue weighted by molar-refractivity contribution is -0.462. The van der Waals surface area contributed by atoms with Crippen LogP contribution in [0.1, 0.15) is 49.7 Å². The smallest absolute Gasteiger partial charge is 0.204 e. The van der Waals surface area contributed by atoms with Gasteiger partial charge in [-0.1, -0.05) is 17.7 Å². The molecule has 0 spiro atoms. The van der Waals surface area contributed by atoms with E-state index in [1.165, 1.54) is 64.3 Å². The van der Waals surface area contributed by atoms with Gasteiger partial charge in [-0.3, -0.25) is 0 Å². The Balaban J connectivity index is 1.34. The Labute approximate surface area is 178 Å². The molecule has 0 saturated heterocycles. The third-order valence-electron chi connectivity index (χ3n) is 7.65. The van der Waals surface area contributed by atoms with Crippen molar-refractivity contribution in [1.29, 1.82) is 0 Å². The molecular weight excluding hydrogens is 371 g/mol. The van der Waals surface area contributed by atoms with Crippen LogP contribution in [-0.4, -0.2) is 29.5 Å². The van der Waals surface area contributed by atoms with Crippen LogP contribution in [0.4, 0.5) is 10.1 Å². The second-order valence-electron chi connectivity index (χ2n) is 9.55. The molecule has 0 bridgehead atoms. The van der Waals surface area contributed by atoms with E-state index in [1.54, 1.807) is 6.08 Å². The molecule has 2 heterocycles. The van der Waals surface area contributed by atoms with Crippen LogP contribution in [0.5, 0.6) is 0 Å². The lowest BCUT2D eigenvalue weighted by Gasteiger charge is -2.32. The zero-order chi connectivity index (χ0) is 20.2. The summed E-state index contributed by atoms with van der Waals surface area (Å²) in [6, 6.07) is 6.91. The van der Waals surface area contributed by atoms with Gasteiger partial charge in [0.15, 0.2) is 12.3 Å². The van der Waals surface area contributed by atoms with E-state index in [9.17, 15) is 4.39 Å². The molecule has 30 heavy (non-hydrogen) atoms. The van der Waals surface area contributed by atoms with Crippen molar-refractivity contribution < 1.29 is 8.97 Å². The van der Waals surface area contributed by atoms with Crippen LogP contribution in [0.15, 0.2) is 65.0 Å². The van der Waals surface area contributed by atoms with Gasteiger partial charge in [0.1, 0.15) is 6.17 Å². The predicted octanol–water partition coefficient (Wildman–Crippen LogP) is 5.78. The van der Waals surface area contributed by atoms with E-state index in [0.29, 0.717) is 12.3 Å². The number of hydrogen-bond acceptors (Lipinski definition) is 1. The van der Waals surface area contributed by atoms with Crippen molar-refractivity contribution in [2.24, 2.45) is 5.92 Å². The molecule has 2 aliphatic heterocycles. The summed E-state index contributed by atoms with van der Waals surface area (Å²) in [4.78, 5) is 2.56. The van der Waals surface area contributed by atoms with E-state index >= 15 is 0 Å². The molecule has 0 aromatic heterocycles. The van der Waals surface area contributed by atoms with Gasteiger partial charge >= 0.3 is 0 Å². The van der Waals surface area contributed by atoms with Crippen molar-refractivity contribution in [3.8, 4) is 0 Å². The Morgan fingerprint density at radius 1 is 1.07 bits per heavy atom. The number of alkyl halides is 1. The van der Waals surface area contributed by atoms with E-state index in [1.807, 2.05) is 6.08 Å². The second-order valence-corrected chi connectivity index (χ2v) is 9.55. The summed E-state index contributed by atoms with van der Waals surface area (Å²) in [6.45, 7) is 4.31. The molecule has 3 heteroatoms. The van der Waals surface area contributed by atoms with Crippen LogP contribution in [0.25, 0.3) is 0 Å². The molecule has 2 unspecified atom stereocenters. The van der Waals surface area contributed by atoms with Gasteiger partial charge < -0.3 is 4.90 Å². The largest absolute Gasteiger partial charge is 0.345 e. The van der Waals surface area contributed by atoms with Crippen LogP contribution in [0.3, 0.4) is 0 Å². The summed E-state index contributed by atoms with van der Waals surface area (Å²) >= 11 is 0. The number of fused-ring (bicyclic) bond motifs is 2. The van der Waals surface area contributed by atoms with E-state index in [4.69, 9.17) is 0 Å². The van der Waals surface area contributed by atoms with E-state index in [-0.39, 0.29) is 0 Å². The number of rotatable bonds is 1. The first-order valence-corrected chi connectivity index (χ1v) is 11.6. The Hall–Kier alpha value is -2.42. The SMILES string of the molecule is Cc1ccc2c(c1)CCN2C1=CC2=C/C(=[N+]3\CCC4=C3C=CC(F)C4)CCC2CC1. The van der Waals surface area contributed by atoms with E-state index in [0.717, 1.165) is 32.4 Å². The fourth-order valence-electron chi connectivity index (χ4n) is 6.08. The van der Waals surface area contributed by atoms with Crippen molar-refractivity contribution in [1.82, 2.24) is 0 Å². The zero-order valence-corrected chi connectivity index (χ0v) is 17.8. The third kappa shape index (κ3) is 3.02. The fourth-order valence-corrected chi connectivity index (χ4v) is 6.08. The standard InChI is InChI=1S/C27H30FN2/c1-18-2-8-26-20(14-18)10-12-29(26)24-6-3-19-4-7-25(17-22(19)16-24)30-13-11-21-15-23(28)5-9-27(21)30/h2,5,8-9,14,16-17,19,23H,3-4,6-7,10-13,15H2,1H3/q+1. The van der Waals surface area contributed by atoms with Crippen molar-refractivity contribution in [3.63, 3.8) is 0 Å². The first kappa shape index (κ1) is 18.4. The zero-order valence-electron chi connectivity index (χ0n) is 17.8. The maximum absolute atomic E-state index is 13.8. The van der Waals surface area contributed by atoms with Crippen LogP contribution in [0, 0.1) is 12.8 Å². The van der Waals surface area contributed by atoms with E-state index in [2.05, 4.69) is 46.8 Å². The topological polar surface area (TPSA) is 6.25 Å². The van der Waals surface area contributed by atoms with Gasteiger partial charge in [-0.15, -0.1) is 0 Å². The Morgan fingerprint density at radius 3 is 2.90 bits per heavy atom. The number of aryl methyl sites for hydroxylation is 1. The summed E-state index contributed by atoms with van der Waals surface area (Å²) in [5.41, 5.74) is 11.3. The van der Waals surface area contributed by atoms with Crippen LogP contribution >= 0.6 is 0 Å². The molecule has 2 atom stereocenters. The molecule has 3 aliphatic carbocycles. The number of allylic oxidation sites excluding steroid dienone is 6. The fraction of sp³-hybridized carbons (Fsp3) is 0.444. The minimum Gasteiger partial charge on any atom is -0.345 e.